The Morgan fingerprint density at radius 2 is 1.50 bits per heavy atom. The van der Waals surface area contributed by atoms with Crippen LogP contribution in [0.5, 0.6) is 0 Å². The highest BCUT2D eigenvalue weighted by Gasteiger charge is 2.37. The first kappa shape index (κ1) is 31.6. The number of esters is 1. The number of benzene rings is 3. The first-order chi connectivity index (χ1) is 18.9. The molecule has 214 valence electrons. The lowest BCUT2D eigenvalue weighted by Crippen LogP contribution is -2.45. The molecule has 0 saturated carbocycles. The maximum atomic E-state index is 12.5. The van der Waals surface area contributed by atoms with Crippen molar-refractivity contribution in [1.82, 2.24) is 10.2 Å². The second-order valence-corrected chi connectivity index (χ2v) is 10.6. The highest BCUT2D eigenvalue weighted by atomic mass is 35.5. The third-order valence-electron chi connectivity index (χ3n) is 7.81. The zero-order valence-corrected chi connectivity index (χ0v) is 24.4. The number of carbonyl (C=O) groups excluding carboxylic acids is 2. The van der Waals surface area contributed by atoms with E-state index in [0.29, 0.717) is 17.9 Å². The van der Waals surface area contributed by atoms with E-state index in [1.807, 2.05) is 60.7 Å². The van der Waals surface area contributed by atoms with Crippen molar-refractivity contribution in [2.45, 2.75) is 43.6 Å². The molecule has 0 atom stereocenters. The third kappa shape index (κ3) is 7.64. The minimum atomic E-state index is -0.867. The summed E-state index contributed by atoms with van der Waals surface area (Å²) in [7, 11) is 0. The van der Waals surface area contributed by atoms with Gasteiger partial charge >= 0.3 is 11.9 Å². The summed E-state index contributed by atoms with van der Waals surface area (Å²) in [6, 6.07) is 27.8. The molecule has 0 bridgehead atoms. The Morgan fingerprint density at radius 3 is 2.02 bits per heavy atom. The van der Waals surface area contributed by atoms with Gasteiger partial charge in [-0.2, -0.15) is 0 Å². The molecule has 1 amide bonds. The molecule has 3 aromatic carbocycles. The normalized spacial score (nSPS) is 15.1. The lowest BCUT2D eigenvalue weighted by molar-refractivity contribution is -0.154. The van der Waals surface area contributed by atoms with Gasteiger partial charge in [0.1, 0.15) is 0 Å². The molecule has 0 aliphatic carbocycles. The highest BCUT2D eigenvalue weighted by Crippen LogP contribution is 2.38. The summed E-state index contributed by atoms with van der Waals surface area (Å²) in [5, 5.41) is 14.8. The number of ether oxygens (including phenoxy) is 1. The summed E-state index contributed by atoms with van der Waals surface area (Å²) >= 11 is 6.03. The van der Waals surface area contributed by atoms with Gasteiger partial charge in [0, 0.05) is 30.1 Å². The number of piperidine rings is 1. The minimum absolute atomic E-state index is 0. The van der Waals surface area contributed by atoms with E-state index in [4.69, 9.17) is 16.3 Å². The summed E-state index contributed by atoms with van der Waals surface area (Å²) in [6.45, 7) is 4.56. The molecule has 1 fully saturated rings. The van der Waals surface area contributed by atoms with Crippen molar-refractivity contribution in [2.24, 2.45) is 0 Å². The van der Waals surface area contributed by atoms with Gasteiger partial charge in [0.05, 0.1) is 12.2 Å². The lowest BCUT2D eigenvalue weighted by Gasteiger charge is -2.40. The first-order valence-corrected chi connectivity index (χ1v) is 14.0. The number of aliphatic hydroxyl groups is 1. The van der Waals surface area contributed by atoms with Crippen molar-refractivity contribution < 1.29 is 19.4 Å². The van der Waals surface area contributed by atoms with Crippen LogP contribution in [0.3, 0.4) is 0 Å². The number of nitrogens with one attached hydrogen (secondary N) is 1. The van der Waals surface area contributed by atoms with E-state index in [-0.39, 0.29) is 25.6 Å². The summed E-state index contributed by atoms with van der Waals surface area (Å²) in [5.74, 6) is -1.60. The maximum Gasteiger partial charge on any atom is 0.396 e. The zero-order valence-electron chi connectivity index (χ0n) is 22.9. The fourth-order valence-electron chi connectivity index (χ4n) is 5.56. The largest absolute Gasteiger partial charge is 0.459 e. The fraction of sp³-hybridized carbons (Fsp3) is 0.375. The summed E-state index contributed by atoms with van der Waals surface area (Å²) < 4.78 is 4.91. The second-order valence-electron chi connectivity index (χ2n) is 10.2. The molecule has 40 heavy (non-hydrogen) atoms. The Hall–Kier alpha value is -2.90. The Bertz CT molecular complexity index is 1180. The van der Waals surface area contributed by atoms with Crippen molar-refractivity contribution >= 4 is 35.9 Å². The lowest BCUT2D eigenvalue weighted by atomic mass is 9.71. The molecule has 6 nitrogen and oxygen atoms in total. The molecular weight excluding hydrogens is 547 g/mol. The smallest absolute Gasteiger partial charge is 0.396 e. The SMILES string of the molecule is CCOC(=O)C(=O)NCC(CCCN1CCC(O)(c2ccc(Cl)cc2)CC1)(c1ccccc1)c1ccccc1.Cl. The van der Waals surface area contributed by atoms with Gasteiger partial charge in [-0.1, -0.05) is 84.4 Å². The molecule has 4 rings (SSSR count). The molecule has 1 aliphatic heterocycles. The van der Waals surface area contributed by atoms with Crippen LogP contribution in [0.4, 0.5) is 0 Å². The van der Waals surface area contributed by atoms with Crippen molar-refractivity contribution in [3.63, 3.8) is 0 Å². The number of halogens is 2. The molecule has 0 radical (unpaired) electrons. The Morgan fingerprint density at radius 1 is 0.950 bits per heavy atom. The number of rotatable bonds is 10. The zero-order chi connectivity index (χ0) is 27.7. The van der Waals surface area contributed by atoms with Gasteiger partial charge in [-0.15, -0.1) is 12.4 Å². The number of hydrogen-bond acceptors (Lipinski definition) is 5. The topological polar surface area (TPSA) is 78.9 Å². The van der Waals surface area contributed by atoms with E-state index >= 15 is 0 Å². The van der Waals surface area contributed by atoms with E-state index in [9.17, 15) is 14.7 Å². The number of carbonyl (C=O) groups is 2. The Balaban J connectivity index is 0.00000441. The van der Waals surface area contributed by atoms with Gasteiger partial charge in [-0.05, 0) is 68.0 Å². The third-order valence-corrected chi connectivity index (χ3v) is 8.06. The van der Waals surface area contributed by atoms with Crippen molar-refractivity contribution in [3.8, 4) is 0 Å². The standard InChI is InChI=1S/C32H37ClN2O4.ClH/c1-2-39-30(37)29(36)34-24-31(25-10-5-3-6-11-25,26-12-7-4-8-13-26)18-9-21-35-22-19-32(38,20-23-35)27-14-16-28(33)17-15-27;/h3-8,10-17,38H,2,9,18-24H2,1H3,(H,34,36);1H. The summed E-state index contributed by atoms with van der Waals surface area (Å²) in [6.07, 6.45) is 2.96. The molecular formula is C32H38Cl2N2O4. The second kappa shape index (κ2) is 14.6. The fourth-order valence-corrected chi connectivity index (χ4v) is 5.69. The highest BCUT2D eigenvalue weighted by molar-refractivity contribution is 6.32. The number of amides is 1. The van der Waals surface area contributed by atoms with Crippen LogP contribution in [0.2, 0.25) is 5.02 Å². The molecule has 0 unspecified atom stereocenters. The average Bonchev–Trinajstić information content (AvgIpc) is 2.97. The van der Waals surface area contributed by atoms with Gasteiger partial charge in [-0.25, -0.2) is 4.79 Å². The monoisotopic (exact) mass is 584 g/mol. The number of likely N-dealkylation sites (tertiary alicyclic amines) is 1. The van der Waals surface area contributed by atoms with E-state index in [0.717, 1.165) is 49.2 Å². The van der Waals surface area contributed by atoms with E-state index in [2.05, 4.69) is 34.5 Å². The minimum Gasteiger partial charge on any atom is -0.459 e. The maximum absolute atomic E-state index is 12.5. The Kier molecular flexibility index (Phi) is 11.6. The molecule has 8 heteroatoms. The van der Waals surface area contributed by atoms with Gasteiger partial charge in [0.2, 0.25) is 0 Å². The van der Waals surface area contributed by atoms with Crippen LogP contribution in [-0.4, -0.2) is 54.7 Å². The van der Waals surface area contributed by atoms with Crippen LogP contribution in [-0.2, 0) is 25.3 Å². The molecule has 3 aromatic rings. The van der Waals surface area contributed by atoms with Crippen LogP contribution < -0.4 is 5.32 Å². The predicted octanol–water partition coefficient (Wildman–Crippen LogP) is 5.49. The quantitative estimate of drug-likeness (QED) is 0.243. The van der Waals surface area contributed by atoms with Crippen LogP contribution in [0.15, 0.2) is 84.9 Å². The number of hydrogen-bond donors (Lipinski definition) is 2. The number of nitrogens with zero attached hydrogens (tertiary/aromatic N) is 1. The Labute approximate surface area is 248 Å². The van der Waals surface area contributed by atoms with E-state index < -0.39 is 22.9 Å². The molecule has 1 aliphatic rings. The molecule has 1 heterocycles. The molecule has 0 spiro atoms. The van der Waals surface area contributed by atoms with Crippen molar-refractivity contribution in [1.29, 1.82) is 0 Å². The first-order valence-electron chi connectivity index (χ1n) is 13.6. The summed E-state index contributed by atoms with van der Waals surface area (Å²) in [5.41, 5.74) is 1.71. The van der Waals surface area contributed by atoms with Crippen molar-refractivity contribution in [3.05, 3.63) is 107 Å². The van der Waals surface area contributed by atoms with Crippen LogP contribution >= 0.6 is 24.0 Å². The summed E-state index contributed by atoms with van der Waals surface area (Å²) in [4.78, 5) is 27.0. The van der Waals surface area contributed by atoms with Crippen LogP contribution in [0.25, 0.3) is 0 Å². The van der Waals surface area contributed by atoms with Crippen LogP contribution in [0.1, 0.15) is 49.3 Å². The molecule has 1 saturated heterocycles. The van der Waals surface area contributed by atoms with Crippen LogP contribution in [0, 0.1) is 0 Å². The molecule has 0 aromatic heterocycles. The predicted molar refractivity (Wildman–Crippen MR) is 161 cm³/mol. The molecule has 2 N–H and O–H groups in total. The van der Waals surface area contributed by atoms with Crippen molar-refractivity contribution in [2.75, 3.05) is 32.8 Å². The van der Waals surface area contributed by atoms with E-state index in [1.54, 1.807) is 6.92 Å². The van der Waals surface area contributed by atoms with Gasteiger partial charge in [0.15, 0.2) is 0 Å². The van der Waals surface area contributed by atoms with Gasteiger partial charge < -0.3 is 20.1 Å². The van der Waals surface area contributed by atoms with Gasteiger partial charge in [-0.3, -0.25) is 4.79 Å². The van der Waals surface area contributed by atoms with Gasteiger partial charge in [0.25, 0.3) is 0 Å². The average molecular weight is 586 g/mol. The van der Waals surface area contributed by atoms with E-state index in [1.165, 1.54) is 0 Å².